The first-order chi connectivity index (χ1) is 11.3. The minimum absolute atomic E-state index is 0.0703. The van der Waals surface area contributed by atoms with Crippen LogP contribution in [0.25, 0.3) is 10.9 Å². The third-order valence-electron chi connectivity index (χ3n) is 3.95. The van der Waals surface area contributed by atoms with E-state index in [1.807, 2.05) is 20.8 Å². The molecule has 0 aliphatic rings. The molecular weight excluding hydrogens is 311 g/mol. The maximum atomic E-state index is 13.5. The molecule has 1 amide bonds. The number of halogens is 1. The van der Waals surface area contributed by atoms with Gasteiger partial charge in [0.25, 0.3) is 0 Å². The quantitative estimate of drug-likeness (QED) is 0.798. The first-order valence-electron chi connectivity index (χ1n) is 7.95. The summed E-state index contributed by atoms with van der Waals surface area (Å²) in [7, 11) is 1.30. The molecule has 1 aromatic carbocycles. The lowest BCUT2D eigenvalue weighted by Gasteiger charge is -2.18. The highest BCUT2D eigenvalue weighted by molar-refractivity contribution is 5.91. The van der Waals surface area contributed by atoms with Crippen molar-refractivity contribution in [1.29, 1.82) is 0 Å². The molecule has 0 aliphatic carbocycles. The van der Waals surface area contributed by atoms with Gasteiger partial charge in [-0.2, -0.15) is 0 Å². The van der Waals surface area contributed by atoms with E-state index in [0.717, 1.165) is 16.8 Å². The molecule has 0 bridgehead atoms. The van der Waals surface area contributed by atoms with Gasteiger partial charge in [-0.1, -0.05) is 13.8 Å². The number of carbonyl (C=O) groups is 2. The molecule has 2 rings (SSSR count). The molecule has 2 aromatic rings. The number of hydrogen-bond donors (Lipinski definition) is 2. The van der Waals surface area contributed by atoms with Crippen molar-refractivity contribution in [3.8, 4) is 0 Å². The van der Waals surface area contributed by atoms with Gasteiger partial charge in [-0.15, -0.1) is 0 Å². The molecule has 0 aliphatic heterocycles. The summed E-state index contributed by atoms with van der Waals surface area (Å²) < 4.78 is 18.2. The van der Waals surface area contributed by atoms with Crippen LogP contribution in [0.5, 0.6) is 0 Å². The molecule has 24 heavy (non-hydrogen) atoms. The number of nitrogens with one attached hydrogen (secondary N) is 2. The summed E-state index contributed by atoms with van der Waals surface area (Å²) >= 11 is 0. The maximum Gasteiger partial charge on any atom is 0.328 e. The zero-order valence-corrected chi connectivity index (χ0v) is 14.4. The predicted octanol–water partition coefficient (Wildman–Crippen LogP) is 2.86. The molecule has 0 saturated carbocycles. The first-order valence-corrected chi connectivity index (χ1v) is 7.95. The Bertz CT molecular complexity index is 752. The van der Waals surface area contributed by atoms with Gasteiger partial charge in [-0.3, -0.25) is 4.79 Å². The van der Waals surface area contributed by atoms with Gasteiger partial charge < -0.3 is 15.0 Å². The van der Waals surface area contributed by atoms with Gasteiger partial charge in [0, 0.05) is 16.6 Å². The van der Waals surface area contributed by atoms with Crippen LogP contribution in [0.3, 0.4) is 0 Å². The van der Waals surface area contributed by atoms with Crippen LogP contribution in [0.1, 0.15) is 31.5 Å². The van der Waals surface area contributed by atoms with Crippen molar-refractivity contribution in [2.24, 2.45) is 5.92 Å². The van der Waals surface area contributed by atoms with Gasteiger partial charge in [0.15, 0.2) is 0 Å². The fourth-order valence-electron chi connectivity index (χ4n) is 2.82. The zero-order chi connectivity index (χ0) is 17.9. The van der Waals surface area contributed by atoms with Crippen LogP contribution >= 0.6 is 0 Å². The zero-order valence-electron chi connectivity index (χ0n) is 14.4. The van der Waals surface area contributed by atoms with Gasteiger partial charge in [0.05, 0.1) is 13.5 Å². The monoisotopic (exact) mass is 334 g/mol. The van der Waals surface area contributed by atoms with Crippen LogP contribution in [0.2, 0.25) is 0 Å². The lowest BCUT2D eigenvalue weighted by molar-refractivity contribution is -0.145. The van der Waals surface area contributed by atoms with Crippen molar-refractivity contribution in [2.45, 2.75) is 39.7 Å². The number of rotatable bonds is 6. The Morgan fingerprint density at radius 1 is 1.33 bits per heavy atom. The molecular formula is C18H23FN2O3. The van der Waals surface area contributed by atoms with Crippen LogP contribution in [0, 0.1) is 18.7 Å². The molecule has 5 nitrogen and oxygen atoms in total. The Kier molecular flexibility index (Phi) is 5.59. The van der Waals surface area contributed by atoms with Gasteiger partial charge in [0.2, 0.25) is 5.91 Å². The molecule has 0 spiro atoms. The Morgan fingerprint density at radius 2 is 2.04 bits per heavy atom. The lowest BCUT2D eigenvalue weighted by atomic mass is 10.0. The summed E-state index contributed by atoms with van der Waals surface area (Å²) in [5.74, 6) is -0.869. The lowest BCUT2D eigenvalue weighted by Crippen LogP contribution is -2.43. The molecule has 1 aromatic heterocycles. The van der Waals surface area contributed by atoms with Gasteiger partial charge in [-0.25, -0.2) is 9.18 Å². The van der Waals surface area contributed by atoms with E-state index >= 15 is 0 Å². The number of aromatic amines is 1. The second kappa shape index (κ2) is 7.47. The fourth-order valence-corrected chi connectivity index (χ4v) is 2.82. The van der Waals surface area contributed by atoms with Gasteiger partial charge >= 0.3 is 5.97 Å². The number of carbonyl (C=O) groups excluding carboxylic acids is 2. The summed E-state index contributed by atoms with van der Waals surface area (Å²) in [4.78, 5) is 27.3. The van der Waals surface area contributed by atoms with Crippen molar-refractivity contribution in [3.05, 3.63) is 35.3 Å². The Balaban J connectivity index is 2.18. The molecule has 0 saturated heterocycles. The minimum atomic E-state index is -0.676. The van der Waals surface area contributed by atoms with E-state index in [1.165, 1.54) is 19.2 Å². The Hall–Kier alpha value is -2.37. The van der Waals surface area contributed by atoms with Gasteiger partial charge in [-0.05, 0) is 43.0 Å². The van der Waals surface area contributed by atoms with Crippen LogP contribution in [-0.4, -0.2) is 30.0 Å². The second-order valence-corrected chi connectivity index (χ2v) is 6.37. The first kappa shape index (κ1) is 18.0. The third-order valence-corrected chi connectivity index (χ3v) is 3.95. The van der Waals surface area contributed by atoms with Crippen LogP contribution in [0.15, 0.2) is 18.2 Å². The predicted molar refractivity (Wildman–Crippen MR) is 90.1 cm³/mol. The van der Waals surface area contributed by atoms with E-state index in [4.69, 9.17) is 4.74 Å². The molecule has 1 atom stereocenters. The van der Waals surface area contributed by atoms with E-state index in [9.17, 15) is 14.0 Å². The number of benzene rings is 1. The Labute approximate surface area is 140 Å². The molecule has 1 unspecified atom stereocenters. The SMILES string of the molecule is COC(=O)C(CC(C)C)NC(=O)Cc1c(C)[nH]c2ccc(F)cc12. The van der Waals surface area contributed by atoms with E-state index in [0.29, 0.717) is 11.8 Å². The third kappa shape index (κ3) is 4.13. The number of ether oxygens (including phenoxy) is 1. The highest BCUT2D eigenvalue weighted by Gasteiger charge is 2.23. The Morgan fingerprint density at radius 3 is 2.67 bits per heavy atom. The second-order valence-electron chi connectivity index (χ2n) is 6.37. The number of aryl methyl sites for hydroxylation is 1. The summed E-state index contributed by atoms with van der Waals surface area (Å²) in [5, 5.41) is 3.40. The van der Waals surface area contributed by atoms with E-state index in [1.54, 1.807) is 6.07 Å². The van der Waals surface area contributed by atoms with Crippen molar-refractivity contribution in [3.63, 3.8) is 0 Å². The maximum absolute atomic E-state index is 13.5. The number of hydrogen-bond acceptors (Lipinski definition) is 3. The van der Waals surface area contributed by atoms with Crippen LogP contribution in [-0.2, 0) is 20.7 Å². The van der Waals surface area contributed by atoms with Crippen LogP contribution in [0.4, 0.5) is 4.39 Å². The summed E-state index contributed by atoms with van der Waals surface area (Å²) in [6, 6.07) is 3.75. The molecule has 0 fully saturated rings. The highest BCUT2D eigenvalue weighted by atomic mass is 19.1. The molecule has 1 heterocycles. The van der Waals surface area contributed by atoms with Crippen molar-refractivity contribution < 1.29 is 18.7 Å². The number of amides is 1. The average molecular weight is 334 g/mol. The van der Waals surface area contributed by atoms with E-state index < -0.39 is 12.0 Å². The van der Waals surface area contributed by atoms with Gasteiger partial charge in [0.1, 0.15) is 11.9 Å². The largest absolute Gasteiger partial charge is 0.467 e. The van der Waals surface area contributed by atoms with Crippen LogP contribution < -0.4 is 5.32 Å². The minimum Gasteiger partial charge on any atom is -0.467 e. The van der Waals surface area contributed by atoms with E-state index in [2.05, 4.69) is 10.3 Å². The highest BCUT2D eigenvalue weighted by Crippen LogP contribution is 2.23. The van der Waals surface area contributed by atoms with Crippen molar-refractivity contribution >= 4 is 22.8 Å². The van der Waals surface area contributed by atoms with E-state index in [-0.39, 0.29) is 24.1 Å². The summed E-state index contributed by atoms with van der Waals surface area (Å²) in [6.45, 7) is 5.77. The number of fused-ring (bicyclic) bond motifs is 1. The molecule has 2 N–H and O–H groups in total. The molecule has 0 radical (unpaired) electrons. The van der Waals surface area contributed by atoms with Crippen molar-refractivity contribution in [1.82, 2.24) is 10.3 Å². The number of H-pyrrole nitrogens is 1. The van der Waals surface area contributed by atoms with Crippen molar-refractivity contribution in [2.75, 3.05) is 7.11 Å². The molecule has 130 valence electrons. The number of esters is 1. The summed E-state index contributed by atoms with van der Waals surface area (Å²) in [6.07, 6.45) is 0.570. The summed E-state index contributed by atoms with van der Waals surface area (Å²) in [5.41, 5.74) is 2.32. The number of methoxy groups -OCH3 is 1. The number of aromatic nitrogens is 1. The fraction of sp³-hybridized carbons (Fsp3) is 0.444. The normalized spacial score (nSPS) is 12.4. The topological polar surface area (TPSA) is 71.2 Å². The molecule has 6 heteroatoms. The smallest absolute Gasteiger partial charge is 0.328 e. The average Bonchev–Trinajstić information content (AvgIpc) is 2.81. The standard InChI is InChI=1S/C18H23FN2O3/c1-10(2)7-16(18(23)24-4)21-17(22)9-13-11(3)20-15-6-5-12(19)8-14(13)15/h5-6,8,10,16,20H,7,9H2,1-4H3,(H,21,22).